The Hall–Kier alpha value is -0.0300. The zero-order valence-electron chi connectivity index (χ0n) is 11.1. The minimum Gasteiger partial charge on any atom is -0.468 e. The molecule has 0 saturated carbocycles. The molecule has 2 N–H and O–H groups in total. The summed E-state index contributed by atoms with van der Waals surface area (Å²) in [4.78, 5) is 13.6. The summed E-state index contributed by atoms with van der Waals surface area (Å²) in [6.45, 7) is 3.63. The number of halogens is 2. The minimum atomic E-state index is -0.439. The van der Waals surface area contributed by atoms with Gasteiger partial charge in [-0.25, -0.2) is 0 Å². The smallest absolute Gasteiger partial charge is 0.322 e. The van der Waals surface area contributed by atoms with Gasteiger partial charge < -0.3 is 15.4 Å². The summed E-state index contributed by atoms with van der Waals surface area (Å²) in [5.74, 6) is -0.294. The van der Waals surface area contributed by atoms with E-state index in [4.69, 9.17) is 5.73 Å². The maximum Gasteiger partial charge on any atom is 0.322 e. The third-order valence-electron chi connectivity index (χ3n) is 3.19. The van der Waals surface area contributed by atoms with Crippen molar-refractivity contribution in [2.24, 2.45) is 5.73 Å². The zero-order chi connectivity index (χ0) is 11.8. The lowest BCUT2D eigenvalue weighted by Gasteiger charge is -2.26. The number of hydrogen-bond acceptors (Lipinski definition) is 4. The Labute approximate surface area is 122 Å². The molecule has 0 aromatic rings. The van der Waals surface area contributed by atoms with E-state index in [1.54, 1.807) is 0 Å². The molecule has 1 rings (SSSR count). The van der Waals surface area contributed by atoms with Crippen molar-refractivity contribution in [3.8, 4) is 0 Å². The number of methoxy groups -OCH3 is 1. The van der Waals surface area contributed by atoms with Crippen LogP contribution >= 0.6 is 24.8 Å². The second-order valence-corrected chi connectivity index (χ2v) is 4.53. The van der Waals surface area contributed by atoms with Crippen LogP contribution in [0.15, 0.2) is 0 Å². The quantitative estimate of drug-likeness (QED) is 0.602. The van der Waals surface area contributed by atoms with E-state index in [1.807, 2.05) is 0 Å². The molecular formula is C12H26Cl2N2O2. The Bertz CT molecular complexity index is 212. The van der Waals surface area contributed by atoms with Gasteiger partial charge in [-0.3, -0.25) is 4.79 Å². The summed E-state index contributed by atoms with van der Waals surface area (Å²) in [5.41, 5.74) is 5.66. The van der Waals surface area contributed by atoms with Crippen molar-refractivity contribution in [2.75, 3.05) is 26.7 Å². The highest BCUT2D eigenvalue weighted by Gasteiger charge is 2.13. The van der Waals surface area contributed by atoms with Crippen molar-refractivity contribution in [1.29, 1.82) is 0 Å². The molecule has 1 fully saturated rings. The van der Waals surface area contributed by atoms with Crippen LogP contribution < -0.4 is 5.73 Å². The highest BCUT2D eigenvalue weighted by molar-refractivity contribution is 5.85. The third kappa shape index (κ3) is 8.14. The number of ether oxygens (including phenoxy) is 1. The van der Waals surface area contributed by atoms with Crippen LogP contribution in [0.1, 0.15) is 38.5 Å². The molecule has 0 bridgehead atoms. The molecule has 1 aliphatic rings. The number of likely N-dealkylation sites (tertiary alicyclic amines) is 1. The number of nitrogens with zero attached hydrogens (tertiary/aromatic N) is 1. The predicted molar refractivity (Wildman–Crippen MR) is 78.6 cm³/mol. The van der Waals surface area contributed by atoms with Crippen LogP contribution in [0, 0.1) is 0 Å². The molecule has 1 saturated heterocycles. The van der Waals surface area contributed by atoms with Crippen LogP contribution in [0.4, 0.5) is 0 Å². The van der Waals surface area contributed by atoms with Crippen LogP contribution in [0.2, 0.25) is 0 Å². The fourth-order valence-electron chi connectivity index (χ4n) is 2.15. The summed E-state index contributed by atoms with van der Waals surface area (Å²) in [5, 5.41) is 0. The fraction of sp³-hybridized carbons (Fsp3) is 0.917. The van der Waals surface area contributed by atoms with Crippen molar-refractivity contribution >= 4 is 30.8 Å². The lowest BCUT2D eigenvalue weighted by Crippen LogP contribution is -2.32. The van der Waals surface area contributed by atoms with Gasteiger partial charge in [-0.1, -0.05) is 12.8 Å². The molecule has 4 nitrogen and oxygen atoms in total. The first-order valence-electron chi connectivity index (χ1n) is 6.30. The number of nitrogens with two attached hydrogens (primary N) is 1. The standard InChI is InChI=1S/C12H24N2O2.2ClH/c1-16-12(15)11(13)7-3-6-10-14-8-4-2-5-9-14;;/h11H,2-10,13H2,1H3;2*1H/t11-;;/m1../s1. The molecule has 0 aliphatic carbocycles. The predicted octanol–water partition coefficient (Wildman–Crippen LogP) is 1.99. The highest BCUT2D eigenvalue weighted by Crippen LogP contribution is 2.10. The van der Waals surface area contributed by atoms with Crippen LogP contribution in [0.25, 0.3) is 0 Å². The molecule has 110 valence electrons. The number of rotatable bonds is 6. The van der Waals surface area contributed by atoms with Gasteiger partial charge in [-0.05, 0) is 45.3 Å². The molecule has 0 spiro atoms. The third-order valence-corrected chi connectivity index (χ3v) is 3.19. The average molecular weight is 301 g/mol. The second-order valence-electron chi connectivity index (χ2n) is 4.53. The maximum atomic E-state index is 11.1. The van der Waals surface area contributed by atoms with Gasteiger partial charge in [-0.2, -0.15) is 0 Å². The number of piperidine rings is 1. The van der Waals surface area contributed by atoms with Crippen LogP contribution in [0.5, 0.6) is 0 Å². The normalized spacial score (nSPS) is 17.2. The maximum absolute atomic E-state index is 11.1. The Balaban J connectivity index is 0. The summed E-state index contributed by atoms with van der Waals surface area (Å²) in [7, 11) is 1.38. The molecule has 0 unspecified atom stereocenters. The van der Waals surface area contributed by atoms with Gasteiger partial charge in [-0.15, -0.1) is 24.8 Å². The van der Waals surface area contributed by atoms with Crippen molar-refractivity contribution in [2.45, 2.75) is 44.6 Å². The minimum absolute atomic E-state index is 0. The Kier molecular flexibility index (Phi) is 13.6. The molecule has 0 radical (unpaired) electrons. The molecule has 0 aromatic carbocycles. The van der Waals surface area contributed by atoms with Gasteiger partial charge in [0.25, 0.3) is 0 Å². The van der Waals surface area contributed by atoms with E-state index < -0.39 is 6.04 Å². The van der Waals surface area contributed by atoms with Gasteiger partial charge >= 0.3 is 5.97 Å². The highest BCUT2D eigenvalue weighted by atomic mass is 35.5. The SMILES string of the molecule is COC(=O)[C@H](N)CCCCN1CCCCC1.Cl.Cl. The summed E-state index contributed by atoms with van der Waals surface area (Å²) < 4.78 is 4.58. The van der Waals surface area contributed by atoms with Crippen LogP contribution in [0.3, 0.4) is 0 Å². The zero-order valence-corrected chi connectivity index (χ0v) is 12.7. The lowest BCUT2D eigenvalue weighted by atomic mass is 10.1. The van der Waals surface area contributed by atoms with Gasteiger partial charge in [0.15, 0.2) is 0 Å². The second kappa shape index (κ2) is 12.0. The topological polar surface area (TPSA) is 55.6 Å². The molecule has 0 amide bonds. The van der Waals surface area contributed by atoms with E-state index in [1.165, 1.54) is 39.5 Å². The summed E-state index contributed by atoms with van der Waals surface area (Å²) in [6, 6.07) is -0.439. The molecule has 0 aromatic heterocycles. The van der Waals surface area contributed by atoms with Crippen molar-refractivity contribution < 1.29 is 9.53 Å². The Morgan fingerprint density at radius 3 is 2.39 bits per heavy atom. The number of hydrogen-bond donors (Lipinski definition) is 1. The first-order chi connectivity index (χ1) is 7.74. The molecule has 1 atom stereocenters. The van der Waals surface area contributed by atoms with Gasteiger partial charge in [0.2, 0.25) is 0 Å². The van der Waals surface area contributed by atoms with Gasteiger partial charge in [0.05, 0.1) is 7.11 Å². The van der Waals surface area contributed by atoms with Gasteiger partial charge in [0, 0.05) is 0 Å². The van der Waals surface area contributed by atoms with Crippen LogP contribution in [-0.4, -0.2) is 43.7 Å². The lowest BCUT2D eigenvalue weighted by molar-refractivity contribution is -0.142. The average Bonchev–Trinajstić information content (AvgIpc) is 2.34. The fourth-order valence-corrected chi connectivity index (χ4v) is 2.15. The summed E-state index contributed by atoms with van der Waals surface area (Å²) >= 11 is 0. The van der Waals surface area contributed by atoms with E-state index in [0.717, 1.165) is 25.8 Å². The van der Waals surface area contributed by atoms with E-state index in [2.05, 4.69) is 9.64 Å². The van der Waals surface area contributed by atoms with E-state index in [9.17, 15) is 4.79 Å². The largest absolute Gasteiger partial charge is 0.468 e. The summed E-state index contributed by atoms with van der Waals surface area (Å²) in [6.07, 6.45) is 6.92. The van der Waals surface area contributed by atoms with Crippen molar-refractivity contribution in [3.63, 3.8) is 0 Å². The van der Waals surface area contributed by atoms with E-state index in [0.29, 0.717) is 0 Å². The van der Waals surface area contributed by atoms with Crippen molar-refractivity contribution in [1.82, 2.24) is 4.90 Å². The first-order valence-corrected chi connectivity index (χ1v) is 6.30. The van der Waals surface area contributed by atoms with Crippen LogP contribution in [-0.2, 0) is 9.53 Å². The number of carbonyl (C=O) groups excluding carboxylic acids is 1. The van der Waals surface area contributed by atoms with E-state index in [-0.39, 0.29) is 30.8 Å². The number of esters is 1. The molecule has 6 heteroatoms. The number of unbranched alkanes of at least 4 members (excludes halogenated alkanes) is 1. The first kappa shape index (κ1) is 20.3. The molecule has 1 heterocycles. The Morgan fingerprint density at radius 2 is 1.83 bits per heavy atom. The molecule has 18 heavy (non-hydrogen) atoms. The molecule has 1 aliphatic heterocycles. The molecular weight excluding hydrogens is 275 g/mol. The Morgan fingerprint density at radius 1 is 1.22 bits per heavy atom. The van der Waals surface area contributed by atoms with E-state index >= 15 is 0 Å². The number of carbonyl (C=O) groups is 1. The monoisotopic (exact) mass is 300 g/mol. The van der Waals surface area contributed by atoms with Gasteiger partial charge in [0.1, 0.15) is 6.04 Å². The van der Waals surface area contributed by atoms with Crippen molar-refractivity contribution in [3.05, 3.63) is 0 Å².